The molecule has 0 saturated carbocycles. The molecule has 0 bridgehead atoms. The van der Waals surface area contributed by atoms with E-state index in [0.717, 1.165) is 0 Å². The second-order valence-electron chi connectivity index (χ2n) is 4.81. The van der Waals surface area contributed by atoms with Gasteiger partial charge < -0.3 is 0 Å². The molecule has 0 nitrogen and oxygen atoms in total. The van der Waals surface area contributed by atoms with Gasteiger partial charge in [0.2, 0.25) is 0 Å². The van der Waals surface area contributed by atoms with E-state index >= 15 is 0 Å². The first-order valence-electron chi connectivity index (χ1n) is 5.40. The molecule has 0 amide bonds. The molecule has 2 aromatic carbocycles. The highest BCUT2D eigenvalue weighted by Crippen LogP contribution is 2.39. The van der Waals surface area contributed by atoms with E-state index in [9.17, 15) is 0 Å². The molecule has 1 aliphatic rings. The Morgan fingerprint density at radius 2 is 1.73 bits per heavy atom. The van der Waals surface area contributed by atoms with Gasteiger partial charge in [0.05, 0.1) is 0 Å². The molecule has 74 valence electrons. The maximum Gasteiger partial charge on any atom is 0.00907 e. The highest BCUT2D eigenvalue weighted by atomic mass is 14.3. The molecule has 0 aromatic heterocycles. The van der Waals surface area contributed by atoms with Crippen molar-refractivity contribution in [1.29, 1.82) is 0 Å². The first-order chi connectivity index (χ1) is 7.18. The SMILES string of the molecule is CC1(C)C=Cc2ccc3ccccc3c21. The average Bonchev–Trinajstić information content (AvgIpc) is 2.55. The molecular formula is C15H14. The molecule has 0 N–H and O–H groups in total. The van der Waals surface area contributed by atoms with E-state index in [4.69, 9.17) is 0 Å². The van der Waals surface area contributed by atoms with Gasteiger partial charge in [0, 0.05) is 5.41 Å². The minimum atomic E-state index is 0.177. The number of fused-ring (bicyclic) bond motifs is 3. The molecule has 2 aromatic rings. The van der Waals surface area contributed by atoms with Crippen molar-refractivity contribution in [2.45, 2.75) is 19.3 Å². The summed E-state index contributed by atoms with van der Waals surface area (Å²) < 4.78 is 0. The van der Waals surface area contributed by atoms with Crippen molar-refractivity contribution in [2.24, 2.45) is 0 Å². The van der Waals surface area contributed by atoms with Crippen LogP contribution in [0.1, 0.15) is 25.0 Å². The van der Waals surface area contributed by atoms with E-state index in [0.29, 0.717) is 0 Å². The smallest absolute Gasteiger partial charge is 0.00907 e. The van der Waals surface area contributed by atoms with Gasteiger partial charge in [-0.1, -0.05) is 62.4 Å². The van der Waals surface area contributed by atoms with Gasteiger partial charge in [0.1, 0.15) is 0 Å². The van der Waals surface area contributed by atoms with Crippen LogP contribution in [0.3, 0.4) is 0 Å². The van der Waals surface area contributed by atoms with Crippen molar-refractivity contribution in [3.8, 4) is 0 Å². The number of hydrogen-bond donors (Lipinski definition) is 0. The Labute approximate surface area is 90.2 Å². The molecule has 0 radical (unpaired) electrons. The van der Waals surface area contributed by atoms with Crippen LogP contribution < -0.4 is 0 Å². The van der Waals surface area contributed by atoms with Gasteiger partial charge >= 0.3 is 0 Å². The molecule has 0 atom stereocenters. The fourth-order valence-corrected chi connectivity index (χ4v) is 2.53. The van der Waals surface area contributed by atoms with Gasteiger partial charge in [-0.2, -0.15) is 0 Å². The van der Waals surface area contributed by atoms with Crippen molar-refractivity contribution < 1.29 is 0 Å². The van der Waals surface area contributed by atoms with Crippen molar-refractivity contribution in [2.75, 3.05) is 0 Å². The van der Waals surface area contributed by atoms with Crippen molar-refractivity contribution in [3.63, 3.8) is 0 Å². The Morgan fingerprint density at radius 3 is 2.60 bits per heavy atom. The Morgan fingerprint density at radius 1 is 0.933 bits per heavy atom. The molecule has 0 unspecified atom stereocenters. The normalized spacial score (nSPS) is 16.9. The van der Waals surface area contributed by atoms with Gasteiger partial charge in [-0.3, -0.25) is 0 Å². The lowest BCUT2D eigenvalue weighted by atomic mass is 9.84. The molecular weight excluding hydrogens is 180 g/mol. The Kier molecular flexibility index (Phi) is 1.59. The minimum absolute atomic E-state index is 0.177. The predicted molar refractivity (Wildman–Crippen MR) is 66.0 cm³/mol. The van der Waals surface area contributed by atoms with Gasteiger partial charge in [-0.05, 0) is 21.9 Å². The summed E-state index contributed by atoms with van der Waals surface area (Å²) in [6, 6.07) is 13.1. The molecule has 0 fully saturated rings. The number of hydrogen-bond acceptors (Lipinski definition) is 0. The zero-order valence-electron chi connectivity index (χ0n) is 9.12. The third-order valence-corrected chi connectivity index (χ3v) is 3.29. The van der Waals surface area contributed by atoms with Crippen molar-refractivity contribution in [3.05, 3.63) is 53.6 Å². The summed E-state index contributed by atoms with van der Waals surface area (Å²) in [6.07, 6.45) is 4.53. The van der Waals surface area contributed by atoms with Gasteiger partial charge in [0.25, 0.3) is 0 Å². The Hall–Kier alpha value is -1.56. The van der Waals surface area contributed by atoms with E-state index in [1.807, 2.05) is 0 Å². The average molecular weight is 194 g/mol. The second kappa shape index (κ2) is 2.73. The van der Waals surface area contributed by atoms with Crippen LogP contribution in [0.15, 0.2) is 42.5 Å². The highest BCUT2D eigenvalue weighted by Gasteiger charge is 2.26. The quantitative estimate of drug-likeness (QED) is 0.591. The van der Waals surface area contributed by atoms with Gasteiger partial charge in [-0.25, -0.2) is 0 Å². The standard InChI is InChI=1S/C15H14/c1-15(2)10-9-12-8-7-11-5-3-4-6-13(11)14(12)15/h3-10H,1-2H3. The van der Waals surface area contributed by atoms with Crippen LogP contribution in [0.2, 0.25) is 0 Å². The summed E-state index contributed by atoms with van der Waals surface area (Å²) in [6.45, 7) is 4.56. The number of allylic oxidation sites excluding steroid dienone is 1. The lowest BCUT2D eigenvalue weighted by Crippen LogP contribution is -2.11. The van der Waals surface area contributed by atoms with Crippen molar-refractivity contribution >= 4 is 16.8 Å². The lowest BCUT2D eigenvalue weighted by molar-refractivity contribution is 0.690. The number of benzene rings is 2. The fourth-order valence-electron chi connectivity index (χ4n) is 2.53. The topological polar surface area (TPSA) is 0 Å². The van der Waals surface area contributed by atoms with Crippen LogP contribution in [0.5, 0.6) is 0 Å². The van der Waals surface area contributed by atoms with Crippen LogP contribution in [0.4, 0.5) is 0 Å². The van der Waals surface area contributed by atoms with Crippen molar-refractivity contribution in [1.82, 2.24) is 0 Å². The summed E-state index contributed by atoms with van der Waals surface area (Å²) in [5.41, 5.74) is 3.02. The first kappa shape index (κ1) is 8.72. The van der Waals surface area contributed by atoms with E-state index in [-0.39, 0.29) is 5.41 Å². The third-order valence-electron chi connectivity index (χ3n) is 3.29. The number of rotatable bonds is 0. The molecule has 15 heavy (non-hydrogen) atoms. The van der Waals surface area contributed by atoms with E-state index < -0.39 is 0 Å². The molecule has 0 spiro atoms. The first-order valence-corrected chi connectivity index (χ1v) is 5.40. The highest BCUT2D eigenvalue weighted by molar-refractivity contribution is 5.91. The van der Waals surface area contributed by atoms with Crippen LogP contribution in [0.25, 0.3) is 16.8 Å². The molecule has 0 saturated heterocycles. The third kappa shape index (κ3) is 1.14. The zero-order chi connectivity index (χ0) is 10.5. The van der Waals surface area contributed by atoms with Gasteiger partial charge in [-0.15, -0.1) is 0 Å². The minimum Gasteiger partial charge on any atom is -0.0738 e. The maximum absolute atomic E-state index is 2.30. The molecule has 3 rings (SSSR count). The monoisotopic (exact) mass is 194 g/mol. The zero-order valence-corrected chi connectivity index (χ0v) is 9.12. The van der Waals surface area contributed by atoms with E-state index in [1.54, 1.807) is 0 Å². The summed E-state index contributed by atoms with van der Waals surface area (Å²) in [5.74, 6) is 0. The second-order valence-corrected chi connectivity index (χ2v) is 4.81. The summed E-state index contributed by atoms with van der Waals surface area (Å²) in [4.78, 5) is 0. The van der Waals surface area contributed by atoms with E-state index in [1.165, 1.54) is 21.9 Å². The van der Waals surface area contributed by atoms with Gasteiger partial charge in [0.15, 0.2) is 0 Å². The van der Waals surface area contributed by atoms with E-state index in [2.05, 4.69) is 62.4 Å². The maximum atomic E-state index is 2.30. The Balaban J connectivity index is 2.46. The van der Waals surface area contributed by atoms with Crippen LogP contribution in [-0.2, 0) is 5.41 Å². The molecule has 0 heterocycles. The largest absolute Gasteiger partial charge is 0.0738 e. The lowest BCUT2D eigenvalue weighted by Gasteiger charge is -2.20. The fraction of sp³-hybridized carbons (Fsp3) is 0.200. The van der Waals surface area contributed by atoms with Crippen LogP contribution in [-0.4, -0.2) is 0 Å². The summed E-state index contributed by atoms with van der Waals surface area (Å²) in [5, 5.41) is 2.73. The molecule has 0 heteroatoms. The van der Waals surface area contributed by atoms with Crippen LogP contribution in [0, 0.1) is 0 Å². The molecule has 0 aliphatic heterocycles. The molecule has 1 aliphatic carbocycles. The van der Waals surface area contributed by atoms with Crippen LogP contribution >= 0.6 is 0 Å². The summed E-state index contributed by atoms with van der Waals surface area (Å²) in [7, 11) is 0. The summed E-state index contributed by atoms with van der Waals surface area (Å²) >= 11 is 0. The Bertz CT molecular complexity index is 559. The predicted octanol–water partition coefficient (Wildman–Crippen LogP) is 4.14.